The molecule has 6 nitrogen and oxygen atoms in total. The largest absolute Gasteiger partial charge is 0.497 e. The Kier molecular flexibility index (Phi) is 7.44. The molecule has 0 aliphatic rings. The average molecular weight is 529 g/mol. The van der Waals surface area contributed by atoms with Crippen molar-refractivity contribution in [2.75, 3.05) is 7.11 Å². The SMILES string of the molecule is COc1cccc(CSc2nnc(CNC(=O)c3ccc4ccccc4c3)n2-c2cc(Cl)ccc2C)c1. The van der Waals surface area contributed by atoms with Crippen molar-refractivity contribution in [3.05, 3.63) is 112 Å². The number of methoxy groups -OCH3 is 1. The third-order valence-electron chi connectivity index (χ3n) is 6.03. The predicted molar refractivity (Wildman–Crippen MR) is 149 cm³/mol. The maximum atomic E-state index is 13.0. The molecule has 0 aliphatic carbocycles. The van der Waals surface area contributed by atoms with Crippen LogP contribution in [0.25, 0.3) is 16.5 Å². The lowest BCUT2D eigenvalue weighted by atomic mass is 10.1. The van der Waals surface area contributed by atoms with Crippen LogP contribution in [0.2, 0.25) is 5.02 Å². The van der Waals surface area contributed by atoms with Gasteiger partial charge in [0.1, 0.15) is 5.75 Å². The highest BCUT2D eigenvalue weighted by molar-refractivity contribution is 7.98. The lowest BCUT2D eigenvalue weighted by Gasteiger charge is -2.14. The molecule has 0 radical (unpaired) electrons. The Labute approximate surface area is 224 Å². The Morgan fingerprint density at radius 1 is 0.973 bits per heavy atom. The summed E-state index contributed by atoms with van der Waals surface area (Å²) in [7, 11) is 1.66. The van der Waals surface area contributed by atoms with Crippen LogP contribution < -0.4 is 10.1 Å². The van der Waals surface area contributed by atoms with Crippen LogP contribution in [0.15, 0.2) is 90.1 Å². The van der Waals surface area contributed by atoms with Crippen LogP contribution in [-0.4, -0.2) is 27.8 Å². The van der Waals surface area contributed by atoms with Crippen LogP contribution in [0, 0.1) is 6.92 Å². The van der Waals surface area contributed by atoms with Crippen molar-refractivity contribution in [1.82, 2.24) is 20.1 Å². The molecule has 0 bridgehead atoms. The Hall–Kier alpha value is -3.81. The first-order chi connectivity index (χ1) is 18.0. The van der Waals surface area contributed by atoms with E-state index in [0.29, 0.717) is 27.3 Å². The Morgan fingerprint density at radius 3 is 2.65 bits per heavy atom. The number of amides is 1. The van der Waals surface area contributed by atoms with Crippen LogP contribution in [0.4, 0.5) is 0 Å². The summed E-state index contributed by atoms with van der Waals surface area (Å²) in [6.07, 6.45) is 0. The van der Waals surface area contributed by atoms with Gasteiger partial charge in [-0.3, -0.25) is 9.36 Å². The van der Waals surface area contributed by atoms with Crippen LogP contribution >= 0.6 is 23.4 Å². The van der Waals surface area contributed by atoms with Gasteiger partial charge < -0.3 is 10.1 Å². The van der Waals surface area contributed by atoms with E-state index in [1.54, 1.807) is 18.9 Å². The molecule has 5 rings (SSSR count). The van der Waals surface area contributed by atoms with E-state index in [9.17, 15) is 4.79 Å². The Balaban J connectivity index is 1.41. The number of hydrogen-bond donors (Lipinski definition) is 1. The first kappa shape index (κ1) is 24.9. The molecule has 186 valence electrons. The number of aryl methyl sites for hydroxylation is 1. The molecule has 0 aliphatic heterocycles. The smallest absolute Gasteiger partial charge is 0.251 e. The van der Waals surface area contributed by atoms with E-state index in [1.165, 1.54) is 0 Å². The van der Waals surface area contributed by atoms with Crippen molar-refractivity contribution in [1.29, 1.82) is 0 Å². The van der Waals surface area contributed by atoms with Crippen molar-refractivity contribution in [3.8, 4) is 11.4 Å². The molecular weight excluding hydrogens is 504 g/mol. The second-order valence-electron chi connectivity index (χ2n) is 8.55. The van der Waals surface area contributed by atoms with Gasteiger partial charge in [-0.15, -0.1) is 10.2 Å². The van der Waals surface area contributed by atoms with Crippen molar-refractivity contribution < 1.29 is 9.53 Å². The number of fused-ring (bicyclic) bond motifs is 1. The highest BCUT2D eigenvalue weighted by Crippen LogP contribution is 2.29. The zero-order valence-electron chi connectivity index (χ0n) is 20.4. The van der Waals surface area contributed by atoms with E-state index >= 15 is 0 Å². The zero-order chi connectivity index (χ0) is 25.8. The topological polar surface area (TPSA) is 69.0 Å². The summed E-state index contributed by atoms with van der Waals surface area (Å²) in [4.78, 5) is 13.0. The minimum Gasteiger partial charge on any atom is -0.497 e. The van der Waals surface area contributed by atoms with Crippen LogP contribution in [0.1, 0.15) is 27.3 Å². The molecule has 8 heteroatoms. The number of carbonyl (C=O) groups is 1. The number of nitrogens with zero attached hydrogens (tertiary/aromatic N) is 3. The van der Waals surface area contributed by atoms with Gasteiger partial charge in [0, 0.05) is 16.3 Å². The Bertz CT molecular complexity index is 1580. The van der Waals surface area contributed by atoms with Gasteiger partial charge in [0.2, 0.25) is 0 Å². The second-order valence-corrected chi connectivity index (χ2v) is 9.93. The average Bonchev–Trinajstić information content (AvgIpc) is 3.34. The molecule has 4 aromatic carbocycles. The van der Waals surface area contributed by atoms with Crippen molar-refractivity contribution >= 4 is 40.0 Å². The summed E-state index contributed by atoms with van der Waals surface area (Å²) in [6.45, 7) is 2.23. The molecule has 0 spiro atoms. The lowest BCUT2D eigenvalue weighted by Crippen LogP contribution is -2.24. The third-order valence-corrected chi connectivity index (χ3v) is 7.27. The molecule has 1 heterocycles. The number of nitrogens with one attached hydrogen (secondary N) is 1. The number of ether oxygens (including phenoxy) is 1. The van der Waals surface area contributed by atoms with E-state index in [1.807, 2.05) is 96.4 Å². The second kappa shape index (κ2) is 11.1. The molecule has 5 aromatic rings. The monoisotopic (exact) mass is 528 g/mol. The van der Waals surface area contributed by atoms with Gasteiger partial charge in [0.05, 0.1) is 19.3 Å². The number of halogens is 1. The zero-order valence-corrected chi connectivity index (χ0v) is 22.0. The quantitative estimate of drug-likeness (QED) is 0.229. The molecule has 0 saturated heterocycles. The minimum atomic E-state index is -0.172. The predicted octanol–water partition coefficient (Wildman–Crippen LogP) is 6.61. The van der Waals surface area contributed by atoms with Gasteiger partial charge in [-0.25, -0.2) is 0 Å². The van der Waals surface area contributed by atoms with Crippen molar-refractivity contribution in [2.24, 2.45) is 0 Å². The summed E-state index contributed by atoms with van der Waals surface area (Å²) >= 11 is 7.92. The molecule has 1 aromatic heterocycles. The summed E-state index contributed by atoms with van der Waals surface area (Å²) < 4.78 is 7.32. The number of hydrogen-bond acceptors (Lipinski definition) is 5. The van der Waals surface area contributed by atoms with Gasteiger partial charge in [-0.1, -0.05) is 71.9 Å². The maximum absolute atomic E-state index is 13.0. The standard InChI is InChI=1S/C29H25ClN4O2S/c1-19-10-13-24(30)16-26(19)34-27(32-33-29(34)37-18-20-6-5-9-25(14-20)36-2)17-31-28(35)23-12-11-21-7-3-4-8-22(21)15-23/h3-16H,17-18H2,1-2H3,(H,31,35). The molecule has 0 atom stereocenters. The molecule has 0 fully saturated rings. The first-order valence-corrected chi connectivity index (χ1v) is 13.1. The molecule has 0 saturated carbocycles. The Morgan fingerprint density at radius 2 is 1.81 bits per heavy atom. The summed E-state index contributed by atoms with van der Waals surface area (Å²) in [5.41, 5.74) is 3.60. The maximum Gasteiger partial charge on any atom is 0.251 e. The van der Waals surface area contributed by atoms with Crippen molar-refractivity contribution in [3.63, 3.8) is 0 Å². The van der Waals surface area contributed by atoms with Gasteiger partial charge in [0.25, 0.3) is 5.91 Å². The van der Waals surface area contributed by atoms with Gasteiger partial charge in [0.15, 0.2) is 11.0 Å². The van der Waals surface area contributed by atoms with E-state index < -0.39 is 0 Å². The molecule has 0 unspecified atom stereocenters. The number of rotatable bonds is 8. The molecule has 1 N–H and O–H groups in total. The fourth-order valence-corrected chi connectivity index (χ4v) is 5.15. The summed E-state index contributed by atoms with van der Waals surface area (Å²) in [6, 6.07) is 27.3. The van der Waals surface area contributed by atoms with Crippen LogP contribution in [-0.2, 0) is 12.3 Å². The number of thioether (sulfide) groups is 1. The van der Waals surface area contributed by atoms with Gasteiger partial charge in [-0.05, 0) is 65.2 Å². The van der Waals surface area contributed by atoms with Crippen molar-refractivity contribution in [2.45, 2.75) is 24.4 Å². The fraction of sp³-hybridized carbons (Fsp3) is 0.138. The number of benzene rings is 4. The normalized spacial score (nSPS) is 11.0. The number of aromatic nitrogens is 3. The van der Waals surface area contributed by atoms with Crippen LogP contribution in [0.5, 0.6) is 5.75 Å². The fourth-order valence-electron chi connectivity index (χ4n) is 4.08. The summed E-state index contributed by atoms with van der Waals surface area (Å²) in [5, 5.41) is 15.3. The molecule has 1 amide bonds. The highest BCUT2D eigenvalue weighted by atomic mass is 35.5. The third kappa shape index (κ3) is 5.63. The van der Waals surface area contributed by atoms with Gasteiger partial charge >= 0.3 is 0 Å². The van der Waals surface area contributed by atoms with E-state index in [-0.39, 0.29) is 12.5 Å². The van der Waals surface area contributed by atoms with E-state index in [0.717, 1.165) is 33.3 Å². The number of carbonyl (C=O) groups excluding carboxylic acids is 1. The summed E-state index contributed by atoms with van der Waals surface area (Å²) in [5.74, 6) is 1.93. The first-order valence-electron chi connectivity index (χ1n) is 11.8. The molecule has 37 heavy (non-hydrogen) atoms. The lowest BCUT2D eigenvalue weighted by molar-refractivity contribution is 0.0950. The van der Waals surface area contributed by atoms with E-state index in [2.05, 4.69) is 15.5 Å². The minimum absolute atomic E-state index is 0.172. The van der Waals surface area contributed by atoms with Crippen LogP contribution in [0.3, 0.4) is 0 Å². The molecular formula is C29H25ClN4O2S. The highest BCUT2D eigenvalue weighted by Gasteiger charge is 2.18. The van der Waals surface area contributed by atoms with Gasteiger partial charge in [-0.2, -0.15) is 0 Å². The van der Waals surface area contributed by atoms with E-state index in [4.69, 9.17) is 16.3 Å².